The molecule has 3 rings (SSSR count). The zero-order valence-electron chi connectivity index (χ0n) is 20.2. The topological polar surface area (TPSA) is 170 Å². The molecule has 0 saturated carbocycles. The summed E-state index contributed by atoms with van der Waals surface area (Å²) in [6, 6.07) is -2.19. The number of aromatic nitrogens is 3. The van der Waals surface area contributed by atoms with E-state index in [0.29, 0.717) is 5.56 Å². The minimum absolute atomic E-state index is 0.126. The lowest BCUT2D eigenvalue weighted by molar-refractivity contribution is -0.165. The van der Waals surface area contributed by atoms with Crippen LogP contribution >= 0.6 is 0 Å². The molecule has 3 heterocycles. The Morgan fingerprint density at radius 2 is 1.63 bits per heavy atom. The molecule has 2 aromatic rings. The monoisotopic (exact) mass is 492 g/mol. The maximum Gasteiger partial charge on any atom is 0.411 e. The first-order valence-corrected chi connectivity index (χ1v) is 10.8. The Hall–Kier alpha value is -3.90. The summed E-state index contributed by atoms with van der Waals surface area (Å²) in [6.07, 6.45) is -0.657. The van der Waals surface area contributed by atoms with Gasteiger partial charge in [0, 0.05) is 32.5 Å². The molecule has 13 heteroatoms. The van der Waals surface area contributed by atoms with Gasteiger partial charge in [0.2, 0.25) is 0 Å². The average Bonchev–Trinajstić information content (AvgIpc) is 3.25. The van der Waals surface area contributed by atoms with Gasteiger partial charge in [0.05, 0.1) is 6.33 Å². The Bertz CT molecular complexity index is 1200. The molecular weight excluding hydrogens is 464 g/mol. The Morgan fingerprint density at radius 1 is 1.00 bits per heavy atom. The lowest BCUT2D eigenvalue weighted by Gasteiger charge is -2.32. The third kappa shape index (κ3) is 5.61. The second kappa shape index (κ2) is 9.76. The van der Waals surface area contributed by atoms with Crippen molar-refractivity contribution >= 4 is 35.0 Å². The van der Waals surface area contributed by atoms with Gasteiger partial charge in [-0.25, -0.2) is 9.78 Å². The molecule has 0 bridgehead atoms. The number of ether oxygens (including phenoxy) is 4. The van der Waals surface area contributed by atoms with E-state index in [-0.39, 0.29) is 17.6 Å². The van der Waals surface area contributed by atoms with Gasteiger partial charge in [0.1, 0.15) is 35.3 Å². The number of carbonyl (C=O) groups excluding carboxylic acids is 4. The zero-order chi connectivity index (χ0) is 26.1. The number of nitrogens with one attached hydrogen (secondary N) is 2. The third-order valence-electron chi connectivity index (χ3n) is 5.15. The number of likely N-dealkylation sites (tertiary alicyclic amines) is 1. The third-order valence-corrected chi connectivity index (χ3v) is 5.15. The summed E-state index contributed by atoms with van der Waals surface area (Å²) in [4.78, 5) is 72.1. The van der Waals surface area contributed by atoms with E-state index in [1.807, 2.05) is 0 Å². The van der Waals surface area contributed by atoms with Crippen LogP contribution in [0, 0.1) is 0 Å². The maximum atomic E-state index is 13.5. The van der Waals surface area contributed by atoms with Crippen LogP contribution in [0.15, 0.2) is 17.3 Å². The number of carbonyl (C=O) groups is 4. The number of amides is 1. The van der Waals surface area contributed by atoms with Gasteiger partial charge in [0.25, 0.3) is 5.56 Å². The summed E-state index contributed by atoms with van der Waals surface area (Å²) >= 11 is 0. The molecule has 0 aliphatic carbocycles. The highest BCUT2D eigenvalue weighted by atomic mass is 16.6. The summed E-state index contributed by atoms with van der Waals surface area (Å²) in [5.41, 5.74) is -0.731. The van der Waals surface area contributed by atoms with Crippen molar-refractivity contribution < 1.29 is 38.1 Å². The Labute approximate surface area is 200 Å². The Kier molecular flexibility index (Phi) is 7.17. The second-order valence-electron chi connectivity index (χ2n) is 9.05. The summed E-state index contributed by atoms with van der Waals surface area (Å²) in [5, 5.41) is 0. The van der Waals surface area contributed by atoms with Crippen LogP contribution in [0.3, 0.4) is 0 Å². The van der Waals surface area contributed by atoms with Crippen molar-refractivity contribution in [3.63, 3.8) is 0 Å². The quantitative estimate of drug-likeness (QED) is 0.458. The van der Waals surface area contributed by atoms with Crippen LogP contribution in [-0.2, 0) is 33.3 Å². The van der Waals surface area contributed by atoms with E-state index < -0.39 is 59.5 Å². The van der Waals surface area contributed by atoms with Crippen LogP contribution in [0.1, 0.15) is 53.1 Å². The zero-order valence-corrected chi connectivity index (χ0v) is 20.2. The van der Waals surface area contributed by atoms with E-state index in [1.165, 1.54) is 24.3 Å². The van der Waals surface area contributed by atoms with Crippen molar-refractivity contribution in [2.45, 2.75) is 71.4 Å². The molecule has 1 aliphatic heterocycles. The van der Waals surface area contributed by atoms with Gasteiger partial charge in [-0.15, -0.1) is 0 Å². The fraction of sp³-hybridized carbons (Fsp3) is 0.545. The van der Waals surface area contributed by atoms with Gasteiger partial charge in [0.15, 0.2) is 12.2 Å². The van der Waals surface area contributed by atoms with Crippen molar-refractivity contribution in [2.75, 3.05) is 6.61 Å². The molecule has 0 radical (unpaired) electrons. The van der Waals surface area contributed by atoms with Crippen LogP contribution < -0.4 is 5.56 Å². The largest absolute Gasteiger partial charge is 0.464 e. The molecule has 2 aromatic heterocycles. The Balaban J connectivity index is 2.24. The maximum absolute atomic E-state index is 13.5. The molecule has 1 amide bonds. The molecule has 0 aromatic carbocycles. The number of nitrogens with zero attached hydrogens (tertiary/aromatic N) is 2. The van der Waals surface area contributed by atoms with Crippen molar-refractivity contribution in [1.82, 2.24) is 19.9 Å². The van der Waals surface area contributed by atoms with Crippen LogP contribution in [0.4, 0.5) is 4.79 Å². The first kappa shape index (κ1) is 25.7. The number of hydrogen-bond acceptors (Lipinski definition) is 10. The van der Waals surface area contributed by atoms with E-state index in [2.05, 4.69) is 15.0 Å². The predicted octanol–water partition coefficient (Wildman–Crippen LogP) is 1.34. The number of aromatic amines is 2. The van der Waals surface area contributed by atoms with E-state index in [0.717, 1.165) is 13.8 Å². The summed E-state index contributed by atoms with van der Waals surface area (Å²) in [7, 11) is 0. The molecule has 1 aliphatic rings. The SMILES string of the molecule is CC(=O)OCC1[C@@H](OC(C)=O)[C@@H](OC(C)=O)[C@H](c2c[nH]c3c(=O)[nH]cnc23)N1C(=O)OC(C)(C)C. The van der Waals surface area contributed by atoms with Crippen LogP contribution in [0.5, 0.6) is 0 Å². The highest BCUT2D eigenvalue weighted by Crippen LogP contribution is 2.43. The molecule has 35 heavy (non-hydrogen) atoms. The first-order valence-electron chi connectivity index (χ1n) is 10.8. The summed E-state index contributed by atoms with van der Waals surface area (Å²) < 4.78 is 21.8. The van der Waals surface area contributed by atoms with Gasteiger partial charge in [-0.3, -0.25) is 24.1 Å². The van der Waals surface area contributed by atoms with E-state index >= 15 is 0 Å². The normalized spacial score (nSPS) is 22.1. The second-order valence-corrected chi connectivity index (χ2v) is 9.05. The molecule has 1 saturated heterocycles. The van der Waals surface area contributed by atoms with Crippen molar-refractivity contribution in [1.29, 1.82) is 0 Å². The number of H-pyrrole nitrogens is 2. The molecular formula is C22H28N4O9. The standard InChI is InChI=1S/C22H28N4O9/c1-10(27)32-8-14-18(33-11(2)28)19(34-12(3)29)17(26(14)21(31)35-22(4,5)6)13-7-23-16-15(13)24-9-25-20(16)30/h7,9,14,17-19,23H,8H2,1-6H3,(H,24,25,30)/t14?,17-,18+,19-/m0/s1. The minimum Gasteiger partial charge on any atom is -0.464 e. The van der Waals surface area contributed by atoms with Gasteiger partial charge in [-0.2, -0.15) is 0 Å². The summed E-state index contributed by atoms with van der Waals surface area (Å²) in [5.74, 6) is -2.05. The van der Waals surface area contributed by atoms with Crippen LogP contribution in [-0.4, -0.2) is 74.3 Å². The number of hydrogen-bond donors (Lipinski definition) is 2. The fourth-order valence-corrected chi connectivity index (χ4v) is 4.05. The molecule has 0 spiro atoms. The van der Waals surface area contributed by atoms with Gasteiger partial charge < -0.3 is 28.9 Å². The molecule has 190 valence electrons. The lowest BCUT2D eigenvalue weighted by Crippen LogP contribution is -2.47. The van der Waals surface area contributed by atoms with Crippen molar-refractivity contribution in [2.24, 2.45) is 0 Å². The summed E-state index contributed by atoms with van der Waals surface area (Å²) in [6.45, 7) is 8.12. The number of rotatable bonds is 5. The molecule has 1 unspecified atom stereocenters. The average molecular weight is 492 g/mol. The molecule has 2 N–H and O–H groups in total. The van der Waals surface area contributed by atoms with Gasteiger partial charge >= 0.3 is 24.0 Å². The first-order chi connectivity index (χ1) is 16.3. The lowest BCUT2D eigenvalue weighted by atomic mass is 10.0. The Morgan fingerprint density at radius 3 is 2.20 bits per heavy atom. The van der Waals surface area contributed by atoms with Crippen molar-refractivity contribution in [3.05, 3.63) is 28.4 Å². The highest BCUT2D eigenvalue weighted by molar-refractivity contribution is 5.80. The van der Waals surface area contributed by atoms with E-state index in [9.17, 15) is 24.0 Å². The minimum atomic E-state index is -1.23. The van der Waals surface area contributed by atoms with Crippen LogP contribution in [0.25, 0.3) is 11.0 Å². The van der Waals surface area contributed by atoms with E-state index in [4.69, 9.17) is 18.9 Å². The molecule has 4 atom stereocenters. The highest BCUT2D eigenvalue weighted by Gasteiger charge is 2.57. The van der Waals surface area contributed by atoms with Gasteiger partial charge in [-0.1, -0.05) is 0 Å². The number of esters is 3. The molecule has 13 nitrogen and oxygen atoms in total. The fourth-order valence-electron chi connectivity index (χ4n) is 4.05. The molecule has 1 fully saturated rings. The van der Waals surface area contributed by atoms with E-state index in [1.54, 1.807) is 20.8 Å². The smallest absolute Gasteiger partial charge is 0.411 e. The predicted molar refractivity (Wildman–Crippen MR) is 119 cm³/mol. The van der Waals surface area contributed by atoms with Crippen LogP contribution in [0.2, 0.25) is 0 Å². The number of fused-ring (bicyclic) bond motifs is 1. The van der Waals surface area contributed by atoms with Crippen molar-refractivity contribution in [3.8, 4) is 0 Å². The van der Waals surface area contributed by atoms with Gasteiger partial charge in [-0.05, 0) is 20.8 Å².